The molecule has 1 fully saturated rings. The molecule has 9 rings (SSSR count). The minimum Gasteiger partial charge on any atom is -0.496 e. The summed E-state index contributed by atoms with van der Waals surface area (Å²) in [7, 11) is 1.69. The fourth-order valence-electron chi connectivity index (χ4n) is 11.1. The highest BCUT2D eigenvalue weighted by molar-refractivity contribution is 6.30. The van der Waals surface area contributed by atoms with Crippen LogP contribution in [0.2, 0.25) is 5.02 Å². The second-order valence-electron chi connectivity index (χ2n) is 18.4. The van der Waals surface area contributed by atoms with E-state index in [4.69, 9.17) is 31.0 Å². The molecule has 4 aliphatic rings. The number of aliphatic carboxylic acids is 1. The van der Waals surface area contributed by atoms with Gasteiger partial charge in [0.05, 0.1) is 19.4 Å². The minimum absolute atomic E-state index is 0.127. The molecule has 0 amide bonds. The van der Waals surface area contributed by atoms with Gasteiger partial charge in [-0.3, -0.25) is 9.88 Å². The SMILES string of the molecule is COc1ccccc1-c1ccnc(C2=CCN(Cc3ccc4c(c3)C3(CCC(Nc5cccc(Cl)c5)(C(=O)O)CC3)[C@@H](C[C@@H](C)COc3ccnc5c3[C@H](C)CCC5)C4)CC2)n1. The lowest BCUT2D eigenvalue weighted by atomic mass is 9.59. The van der Waals surface area contributed by atoms with Crippen molar-refractivity contribution in [3.05, 3.63) is 136 Å². The van der Waals surface area contributed by atoms with Gasteiger partial charge in [0.15, 0.2) is 5.82 Å². The van der Waals surface area contributed by atoms with Crippen LogP contribution in [-0.2, 0) is 29.6 Å². The van der Waals surface area contributed by atoms with E-state index in [1.54, 1.807) is 7.11 Å². The van der Waals surface area contributed by atoms with Crippen LogP contribution in [0.25, 0.3) is 16.8 Å². The van der Waals surface area contributed by atoms with E-state index < -0.39 is 11.5 Å². The number of carboxylic acid groups (broad SMARTS) is 1. The van der Waals surface area contributed by atoms with Gasteiger partial charge < -0.3 is 19.9 Å². The zero-order valence-electron chi connectivity index (χ0n) is 36.2. The number of carbonyl (C=O) groups is 1. The predicted molar refractivity (Wildman–Crippen MR) is 246 cm³/mol. The van der Waals surface area contributed by atoms with Gasteiger partial charge in [-0.25, -0.2) is 14.8 Å². The third-order valence-corrected chi connectivity index (χ3v) is 14.6. The Labute approximate surface area is 371 Å². The first-order valence-electron chi connectivity index (χ1n) is 22.5. The van der Waals surface area contributed by atoms with Crippen molar-refractivity contribution in [3.8, 4) is 22.8 Å². The molecule has 3 aliphatic carbocycles. The van der Waals surface area contributed by atoms with Gasteiger partial charge in [-0.2, -0.15) is 0 Å². The van der Waals surface area contributed by atoms with E-state index in [0.717, 1.165) is 92.4 Å². The number of fused-ring (bicyclic) bond motifs is 3. The van der Waals surface area contributed by atoms with Crippen LogP contribution in [0.5, 0.6) is 11.5 Å². The number of nitrogens with one attached hydrogen (secondary N) is 1. The Hall–Kier alpha value is -5.25. The summed E-state index contributed by atoms with van der Waals surface area (Å²) in [5, 5.41) is 14.8. The molecule has 0 saturated heterocycles. The van der Waals surface area contributed by atoms with E-state index in [9.17, 15) is 9.90 Å². The van der Waals surface area contributed by atoms with Crippen LogP contribution in [0.1, 0.15) is 105 Å². The molecule has 3 atom stereocenters. The number of para-hydroxylation sites is 1. The molecular formula is C52H58ClN5O4. The number of anilines is 1. The van der Waals surface area contributed by atoms with Crippen LogP contribution in [0.3, 0.4) is 0 Å². The van der Waals surface area contributed by atoms with Gasteiger partial charge in [0.2, 0.25) is 0 Å². The van der Waals surface area contributed by atoms with Crippen LogP contribution in [0, 0.1) is 11.8 Å². The average Bonchev–Trinajstić information content (AvgIpc) is 3.57. The number of aryl methyl sites for hydroxylation is 1. The number of ether oxygens (including phenoxy) is 2. The van der Waals surface area contributed by atoms with Gasteiger partial charge in [-0.1, -0.05) is 67.9 Å². The Bertz CT molecular complexity index is 2460. The molecule has 322 valence electrons. The smallest absolute Gasteiger partial charge is 0.329 e. The van der Waals surface area contributed by atoms with E-state index in [1.165, 1.54) is 46.4 Å². The van der Waals surface area contributed by atoms with Crippen molar-refractivity contribution in [2.24, 2.45) is 11.8 Å². The minimum atomic E-state index is -1.07. The molecule has 10 heteroatoms. The van der Waals surface area contributed by atoms with Crippen molar-refractivity contribution < 1.29 is 19.4 Å². The molecule has 2 aromatic heterocycles. The fraction of sp³-hybridized carbons (Fsp3) is 0.423. The number of benzene rings is 3. The van der Waals surface area contributed by atoms with Crippen molar-refractivity contribution in [1.82, 2.24) is 19.9 Å². The molecule has 3 aromatic carbocycles. The summed E-state index contributed by atoms with van der Waals surface area (Å²) in [6.07, 6.45) is 14.9. The Kier molecular flexibility index (Phi) is 12.1. The topological polar surface area (TPSA) is 110 Å². The zero-order chi connectivity index (χ0) is 42.8. The van der Waals surface area contributed by atoms with E-state index in [2.05, 4.69) is 59.4 Å². The number of carboxylic acids is 1. The molecule has 1 saturated carbocycles. The largest absolute Gasteiger partial charge is 0.496 e. The van der Waals surface area contributed by atoms with E-state index in [1.807, 2.05) is 67.0 Å². The number of aromatic nitrogens is 3. The standard InChI is InChI=1S/C52H58ClN5O4/c1-34(33-62-47-17-25-54-45-12-6-8-35(2)48(45)47)28-39-30-38-15-14-36(29-43(38)51(39)20-22-52(23-21-51,50(59)60)57-41-10-7-9-40(53)31-41)32-58-26-18-37(19-27-58)49-55-24-16-44(56-49)42-11-4-5-13-46(42)61-3/h4-5,7,9-11,13-18,24-25,29,31,34-35,39,57H,6,8,12,19-23,26-28,30,32-33H2,1-3H3,(H,59,60)/t34-,35-,39+,51?,52?/m1/s1. The van der Waals surface area contributed by atoms with E-state index >= 15 is 0 Å². The molecule has 62 heavy (non-hydrogen) atoms. The number of hydrogen-bond acceptors (Lipinski definition) is 8. The highest BCUT2D eigenvalue weighted by Crippen LogP contribution is 2.56. The van der Waals surface area contributed by atoms with Crippen molar-refractivity contribution in [2.75, 3.05) is 32.1 Å². The van der Waals surface area contributed by atoms with Gasteiger partial charge in [0.25, 0.3) is 0 Å². The summed E-state index contributed by atoms with van der Waals surface area (Å²) in [4.78, 5) is 30.0. The van der Waals surface area contributed by atoms with E-state index in [-0.39, 0.29) is 5.41 Å². The van der Waals surface area contributed by atoms with Gasteiger partial charge >= 0.3 is 5.97 Å². The van der Waals surface area contributed by atoms with Gasteiger partial charge in [0, 0.05) is 59.6 Å². The Morgan fingerprint density at radius 1 is 0.984 bits per heavy atom. The first-order chi connectivity index (χ1) is 30.1. The van der Waals surface area contributed by atoms with Crippen molar-refractivity contribution >= 4 is 28.8 Å². The summed E-state index contributed by atoms with van der Waals surface area (Å²) < 4.78 is 12.3. The lowest BCUT2D eigenvalue weighted by Gasteiger charge is -2.47. The van der Waals surface area contributed by atoms with Crippen LogP contribution < -0.4 is 14.8 Å². The van der Waals surface area contributed by atoms with Crippen molar-refractivity contribution in [3.63, 3.8) is 0 Å². The maximum atomic E-state index is 13.2. The Morgan fingerprint density at radius 2 is 1.82 bits per heavy atom. The second kappa shape index (κ2) is 17.9. The molecule has 2 N–H and O–H groups in total. The van der Waals surface area contributed by atoms with Gasteiger partial charge in [0.1, 0.15) is 17.0 Å². The maximum Gasteiger partial charge on any atom is 0.329 e. The highest BCUT2D eigenvalue weighted by Gasteiger charge is 2.54. The number of nitrogens with zero attached hydrogens (tertiary/aromatic N) is 4. The summed E-state index contributed by atoms with van der Waals surface area (Å²) in [6, 6.07) is 26.5. The molecule has 5 aromatic rings. The quantitative estimate of drug-likeness (QED) is 0.120. The zero-order valence-corrected chi connectivity index (χ0v) is 37.0. The molecule has 1 spiro atoms. The molecular weight excluding hydrogens is 794 g/mol. The molecule has 1 aliphatic heterocycles. The van der Waals surface area contributed by atoms with Crippen molar-refractivity contribution in [1.29, 1.82) is 0 Å². The first-order valence-corrected chi connectivity index (χ1v) is 22.9. The lowest BCUT2D eigenvalue weighted by Crippen LogP contribution is -2.53. The average molecular weight is 853 g/mol. The predicted octanol–water partition coefficient (Wildman–Crippen LogP) is 11.0. The van der Waals surface area contributed by atoms with Crippen LogP contribution in [-0.4, -0.2) is 63.3 Å². The Morgan fingerprint density at radius 3 is 2.61 bits per heavy atom. The summed E-state index contributed by atoms with van der Waals surface area (Å²) in [6.45, 7) is 7.83. The number of halogens is 1. The molecule has 3 heterocycles. The van der Waals surface area contributed by atoms with Crippen LogP contribution >= 0.6 is 11.6 Å². The highest BCUT2D eigenvalue weighted by atomic mass is 35.5. The summed E-state index contributed by atoms with van der Waals surface area (Å²) >= 11 is 6.36. The number of rotatable bonds is 13. The molecule has 9 nitrogen and oxygen atoms in total. The first kappa shape index (κ1) is 42.1. The third-order valence-electron chi connectivity index (χ3n) is 14.4. The number of hydrogen-bond donors (Lipinski definition) is 2. The van der Waals surface area contributed by atoms with Crippen molar-refractivity contribution in [2.45, 2.75) is 101 Å². The normalized spacial score (nSPS) is 23.8. The third kappa shape index (κ3) is 8.46. The second-order valence-corrected chi connectivity index (χ2v) is 18.8. The van der Waals surface area contributed by atoms with Gasteiger partial charge in [-0.05, 0) is 152 Å². The number of methoxy groups -OCH3 is 1. The number of pyridine rings is 1. The summed E-state index contributed by atoms with van der Waals surface area (Å²) in [5.41, 5.74) is 9.13. The molecule has 0 radical (unpaired) electrons. The Balaban J connectivity index is 0.938. The van der Waals surface area contributed by atoms with Crippen LogP contribution in [0.4, 0.5) is 5.69 Å². The molecule has 0 bridgehead atoms. The van der Waals surface area contributed by atoms with Crippen LogP contribution in [0.15, 0.2) is 97.3 Å². The lowest BCUT2D eigenvalue weighted by molar-refractivity contribution is -0.144. The maximum absolute atomic E-state index is 13.2. The van der Waals surface area contributed by atoms with Gasteiger partial charge in [-0.15, -0.1) is 0 Å². The molecule has 0 unspecified atom stereocenters. The van der Waals surface area contributed by atoms with E-state index in [0.29, 0.717) is 42.2 Å². The fourth-order valence-corrected chi connectivity index (χ4v) is 11.3. The monoisotopic (exact) mass is 851 g/mol. The summed E-state index contributed by atoms with van der Waals surface area (Å²) in [5.74, 6) is 2.90.